The van der Waals surface area contributed by atoms with Crippen LogP contribution in [-0.2, 0) is 4.79 Å². The van der Waals surface area contributed by atoms with Crippen LogP contribution in [0.2, 0.25) is 5.02 Å². The van der Waals surface area contributed by atoms with E-state index < -0.39 is 0 Å². The highest BCUT2D eigenvalue weighted by molar-refractivity contribution is 6.31. The topological polar surface area (TPSA) is 46.3 Å². The van der Waals surface area contributed by atoms with E-state index in [1.807, 2.05) is 59.5 Å². The predicted molar refractivity (Wildman–Crippen MR) is 93.1 cm³/mol. The van der Waals surface area contributed by atoms with E-state index in [-0.39, 0.29) is 18.0 Å². The van der Waals surface area contributed by atoms with Gasteiger partial charge in [0.1, 0.15) is 0 Å². The van der Waals surface area contributed by atoms with Crippen molar-refractivity contribution < 1.29 is 4.79 Å². The molecule has 23 heavy (non-hydrogen) atoms. The molecule has 1 saturated heterocycles. The number of carbonyl (C=O) groups excluding carboxylic acids is 1. The Morgan fingerprint density at radius 1 is 1.17 bits per heavy atom. The molecule has 2 unspecified atom stereocenters. The average Bonchev–Trinajstić information content (AvgIpc) is 3.05. The van der Waals surface area contributed by atoms with Gasteiger partial charge in [-0.15, -0.1) is 0 Å². The van der Waals surface area contributed by atoms with Crippen LogP contribution in [0.1, 0.15) is 42.5 Å². The maximum Gasteiger partial charge on any atom is 0.224 e. The lowest BCUT2D eigenvalue weighted by Crippen LogP contribution is -2.33. The van der Waals surface area contributed by atoms with Gasteiger partial charge in [-0.25, -0.2) is 0 Å². The summed E-state index contributed by atoms with van der Waals surface area (Å²) in [6.45, 7) is 0.774. The number of halogens is 1. The van der Waals surface area contributed by atoms with Crippen LogP contribution in [-0.4, -0.2) is 17.4 Å². The lowest BCUT2D eigenvalue weighted by molar-refractivity contribution is -0.132. The molecule has 2 N–H and O–H groups in total. The second kappa shape index (κ2) is 7.16. The molecule has 120 valence electrons. The third kappa shape index (κ3) is 3.57. The normalized spacial score (nSPS) is 18.9. The number of amides is 1. The van der Waals surface area contributed by atoms with Crippen LogP contribution in [0.25, 0.3) is 0 Å². The summed E-state index contributed by atoms with van der Waals surface area (Å²) in [4.78, 5) is 14.7. The molecule has 2 atom stereocenters. The van der Waals surface area contributed by atoms with Crippen molar-refractivity contribution in [2.75, 3.05) is 6.54 Å². The third-order valence-electron chi connectivity index (χ3n) is 4.46. The number of nitrogens with two attached hydrogens (primary N) is 1. The molecule has 1 fully saturated rings. The van der Waals surface area contributed by atoms with Gasteiger partial charge in [0, 0.05) is 24.0 Å². The molecule has 4 heteroatoms. The second-order valence-electron chi connectivity index (χ2n) is 5.99. The smallest absolute Gasteiger partial charge is 0.224 e. The molecule has 0 aliphatic carbocycles. The van der Waals surface area contributed by atoms with E-state index in [2.05, 4.69) is 0 Å². The average molecular weight is 329 g/mol. The summed E-state index contributed by atoms with van der Waals surface area (Å²) < 4.78 is 0. The van der Waals surface area contributed by atoms with Gasteiger partial charge in [-0.3, -0.25) is 4.79 Å². The molecule has 2 aromatic rings. The maximum absolute atomic E-state index is 12.7. The number of benzene rings is 2. The van der Waals surface area contributed by atoms with Crippen molar-refractivity contribution in [2.45, 2.75) is 31.3 Å². The molecule has 3 rings (SSSR count). The van der Waals surface area contributed by atoms with E-state index in [1.54, 1.807) is 0 Å². The van der Waals surface area contributed by atoms with Crippen LogP contribution < -0.4 is 5.73 Å². The fourth-order valence-corrected chi connectivity index (χ4v) is 3.52. The summed E-state index contributed by atoms with van der Waals surface area (Å²) in [7, 11) is 0. The van der Waals surface area contributed by atoms with Crippen LogP contribution >= 0.6 is 11.6 Å². The minimum Gasteiger partial charge on any atom is -0.336 e. The van der Waals surface area contributed by atoms with E-state index in [0.29, 0.717) is 6.42 Å². The molecule has 0 aromatic heterocycles. The number of hydrogen-bond acceptors (Lipinski definition) is 2. The van der Waals surface area contributed by atoms with Crippen molar-refractivity contribution in [1.82, 2.24) is 4.90 Å². The van der Waals surface area contributed by atoms with Crippen LogP contribution in [0.15, 0.2) is 54.6 Å². The van der Waals surface area contributed by atoms with Crippen molar-refractivity contribution in [3.8, 4) is 0 Å². The summed E-state index contributed by atoms with van der Waals surface area (Å²) >= 11 is 6.31. The third-order valence-corrected chi connectivity index (χ3v) is 4.80. The number of rotatable bonds is 4. The molecule has 3 nitrogen and oxygen atoms in total. The fourth-order valence-electron chi connectivity index (χ4n) is 3.26. The highest BCUT2D eigenvalue weighted by Gasteiger charge is 2.31. The van der Waals surface area contributed by atoms with Gasteiger partial charge in [0.05, 0.1) is 6.04 Å². The minimum absolute atomic E-state index is 0.0687. The monoisotopic (exact) mass is 328 g/mol. The van der Waals surface area contributed by atoms with Crippen molar-refractivity contribution in [3.63, 3.8) is 0 Å². The molecule has 0 spiro atoms. The zero-order chi connectivity index (χ0) is 16.2. The fraction of sp³-hybridized carbons (Fsp3) is 0.316. The van der Waals surface area contributed by atoms with Gasteiger partial charge in [-0.1, -0.05) is 60.1 Å². The van der Waals surface area contributed by atoms with Gasteiger partial charge in [0.15, 0.2) is 0 Å². The van der Waals surface area contributed by atoms with Gasteiger partial charge in [-0.05, 0) is 30.0 Å². The molecular formula is C19H21ClN2O. The Morgan fingerprint density at radius 2 is 1.87 bits per heavy atom. The van der Waals surface area contributed by atoms with Crippen molar-refractivity contribution >= 4 is 17.5 Å². The zero-order valence-electron chi connectivity index (χ0n) is 13.0. The molecule has 1 amide bonds. The van der Waals surface area contributed by atoms with Crippen molar-refractivity contribution in [3.05, 3.63) is 70.7 Å². The largest absolute Gasteiger partial charge is 0.336 e. The van der Waals surface area contributed by atoms with Crippen molar-refractivity contribution in [2.24, 2.45) is 5.73 Å². The Morgan fingerprint density at radius 3 is 2.61 bits per heavy atom. The standard InChI is InChI=1S/C19H21ClN2O/c20-16-10-5-4-9-15(16)18-11-6-12-22(18)19(23)13-17(21)14-7-2-1-3-8-14/h1-5,7-10,17-18H,6,11-13,21H2. The molecule has 0 radical (unpaired) electrons. The number of hydrogen-bond donors (Lipinski definition) is 1. The van der Waals surface area contributed by atoms with E-state index in [0.717, 1.165) is 35.5 Å². The van der Waals surface area contributed by atoms with E-state index in [9.17, 15) is 4.79 Å². The molecular weight excluding hydrogens is 308 g/mol. The lowest BCUT2D eigenvalue weighted by Gasteiger charge is -2.27. The first-order valence-corrected chi connectivity index (χ1v) is 8.39. The first kappa shape index (κ1) is 16.0. The Labute approximate surface area is 142 Å². The van der Waals surface area contributed by atoms with Crippen LogP contribution in [0.4, 0.5) is 0 Å². The molecule has 0 saturated carbocycles. The number of nitrogens with zero attached hydrogens (tertiary/aromatic N) is 1. The highest BCUT2D eigenvalue weighted by Crippen LogP contribution is 2.36. The van der Waals surface area contributed by atoms with Gasteiger partial charge in [0.25, 0.3) is 0 Å². The summed E-state index contributed by atoms with van der Waals surface area (Å²) in [6.07, 6.45) is 2.28. The van der Waals surface area contributed by atoms with Crippen LogP contribution in [0, 0.1) is 0 Å². The molecule has 1 aliphatic rings. The number of carbonyl (C=O) groups is 1. The molecule has 1 aliphatic heterocycles. The summed E-state index contributed by atoms with van der Waals surface area (Å²) in [5, 5.41) is 0.726. The quantitative estimate of drug-likeness (QED) is 0.918. The summed E-state index contributed by atoms with van der Waals surface area (Å²) in [5.41, 5.74) is 8.23. The van der Waals surface area contributed by atoms with E-state index in [1.165, 1.54) is 0 Å². The van der Waals surface area contributed by atoms with E-state index >= 15 is 0 Å². The van der Waals surface area contributed by atoms with E-state index in [4.69, 9.17) is 17.3 Å². The molecule has 2 aromatic carbocycles. The van der Waals surface area contributed by atoms with Crippen LogP contribution in [0.3, 0.4) is 0 Å². The summed E-state index contributed by atoms with van der Waals surface area (Å²) in [5.74, 6) is 0.101. The minimum atomic E-state index is -0.267. The zero-order valence-corrected chi connectivity index (χ0v) is 13.7. The first-order chi connectivity index (χ1) is 11.2. The Hall–Kier alpha value is -1.84. The predicted octanol–water partition coefficient (Wildman–Crippen LogP) is 4.09. The van der Waals surface area contributed by atoms with Gasteiger partial charge in [0.2, 0.25) is 5.91 Å². The Bertz CT molecular complexity index is 674. The Kier molecular flexibility index (Phi) is 4.99. The van der Waals surface area contributed by atoms with Gasteiger partial charge >= 0.3 is 0 Å². The van der Waals surface area contributed by atoms with Crippen molar-refractivity contribution in [1.29, 1.82) is 0 Å². The van der Waals surface area contributed by atoms with Crippen LogP contribution in [0.5, 0.6) is 0 Å². The maximum atomic E-state index is 12.7. The lowest BCUT2D eigenvalue weighted by atomic mass is 10.0. The number of likely N-dealkylation sites (tertiary alicyclic amines) is 1. The highest BCUT2D eigenvalue weighted by atomic mass is 35.5. The van der Waals surface area contributed by atoms with Gasteiger partial charge < -0.3 is 10.6 Å². The first-order valence-electron chi connectivity index (χ1n) is 8.01. The Balaban J connectivity index is 1.73. The molecule has 0 bridgehead atoms. The SMILES string of the molecule is NC(CC(=O)N1CCCC1c1ccccc1Cl)c1ccccc1. The summed E-state index contributed by atoms with van der Waals surface area (Å²) in [6, 6.07) is 17.4. The van der Waals surface area contributed by atoms with Gasteiger partial charge in [-0.2, -0.15) is 0 Å². The molecule has 1 heterocycles. The second-order valence-corrected chi connectivity index (χ2v) is 6.40.